The first-order chi connectivity index (χ1) is 11.5. The standard InChI is InChI=1S/C18H28FN3O2/c1-13(23)12-22(15-5-3-2-4-6-15)10-9-18(24)21-17-11-14(20)7-8-16(17)19/h7-8,11,13,15,23H,2-6,9-10,12,20H2,1H3,(H,21,24). The Bertz CT molecular complexity index is 545. The molecule has 0 bridgehead atoms. The third kappa shape index (κ3) is 5.76. The average molecular weight is 337 g/mol. The zero-order valence-electron chi connectivity index (χ0n) is 14.3. The molecule has 1 atom stereocenters. The Morgan fingerprint density at radius 3 is 2.79 bits per heavy atom. The van der Waals surface area contributed by atoms with Crippen LogP contribution in [-0.2, 0) is 4.79 Å². The molecule has 0 spiro atoms. The lowest BCUT2D eigenvalue weighted by molar-refractivity contribution is -0.116. The number of nitrogen functional groups attached to an aromatic ring is 1. The molecule has 1 aliphatic rings. The van der Waals surface area contributed by atoms with Gasteiger partial charge in [-0.25, -0.2) is 4.39 Å². The van der Waals surface area contributed by atoms with Crippen molar-refractivity contribution in [3.63, 3.8) is 0 Å². The fourth-order valence-corrected chi connectivity index (χ4v) is 3.31. The first-order valence-electron chi connectivity index (χ1n) is 8.72. The molecule has 0 heterocycles. The second-order valence-electron chi connectivity index (χ2n) is 6.67. The molecule has 1 fully saturated rings. The van der Waals surface area contributed by atoms with Gasteiger partial charge < -0.3 is 16.2 Å². The van der Waals surface area contributed by atoms with E-state index in [9.17, 15) is 14.3 Å². The Balaban J connectivity index is 1.90. The lowest BCUT2D eigenvalue weighted by Gasteiger charge is -2.35. The molecule has 2 rings (SSSR count). The average Bonchev–Trinajstić information content (AvgIpc) is 2.55. The van der Waals surface area contributed by atoms with Crippen LogP contribution in [0.25, 0.3) is 0 Å². The Morgan fingerprint density at radius 2 is 2.12 bits per heavy atom. The second-order valence-corrected chi connectivity index (χ2v) is 6.67. The number of rotatable bonds is 7. The van der Waals surface area contributed by atoms with E-state index in [2.05, 4.69) is 10.2 Å². The molecule has 1 saturated carbocycles. The van der Waals surface area contributed by atoms with Crippen molar-refractivity contribution in [2.75, 3.05) is 24.1 Å². The molecule has 1 aromatic rings. The Kier molecular flexibility index (Phi) is 6.99. The molecule has 0 saturated heterocycles. The minimum absolute atomic E-state index is 0.111. The van der Waals surface area contributed by atoms with Crippen molar-refractivity contribution >= 4 is 17.3 Å². The van der Waals surface area contributed by atoms with E-state index in [-0.39, 0.29) is 18.0 Å². The highest BCUT2D eigenvalue weighted by molar-refractivity contribution is 5.91. The lowest BCUT2D eigenvalue weighted by Crippen LogP contribution is -2.42. The van der Waals surface area contributed by atoms with Crippen molar-refractivity contribution in [2.45, 2.75) is 57.6 Å². The van der Waals surface area contributed by atoms with E-state index < -0.39 is 11.9 Å². The largest absolute Gasteiger partial charge is 0.399 e. The van der Waals surface area contributed by atoms with E-state index in [4.69, 9.17) is 5.73 Å². The van der Waals surface area contributed by atoms with Gasteiger partial charge in [-0.3, -0.25) is 9.69 Å². The van der Waals surface area contributed by atoms with E-state index in [1.54, 1.807) is 6.92 Å². The van der Waals surface area contributed by atoms with Gasteiger partial charge in [0.25, 0.3) is 0 Å². The lowest BCUT2D eigenvalue weighted by atomic mass is 9.94. The summed E-state index contributed by atoms with van der Waals surface area (Å²) in [6.07, 6.45) is 5.70. The summed E-state index contributed by atoms with van der Waals surface area (Å²) in [5.41, 5.74) is 6.14. The fourth-order valence-electron chi connectivity index (χ4n) is 3.31. The van der Waals surface area contributed by atoms with E-state index >= 15 is 0 Å². The van der Waals surface area contributed by atoms with E-state index in [0.717, 1.165) is 12.8 Å². The third-order valence-electron chi connectivity index (χ3n) is 4.48. The van der Waals surface area contributed by atoms with Crippen molar-refractivity contribution in [1.29, 1.82) is 0 Å². The molecule has 5 nitrogen and oxygen atoms in total. The summed E-state index contributed by atoms with van der Waals surface area (Å²) in [5.74, 6) is -0.739. The highest BCUT2D eigenvalue weighted by Gasteiger charge is 2.22. The molecular formula is C18H28FN3O2. The van der Waals surface area contributed by atoms with Gasteiger partial charge in [-0.2, -0.15) is 0 Å². The van der Waals surface area contributed by atoms with E-state index in [0.29, 0.717) is 24.8 Å². The number of nitrogens with zero attached hydrogens (tertiary/aromatic N) is 1. The van der Waals surface area contributed by atoms with Crippen molar-refractivity contribution < 1.29 is 14.3 Å². The molecule has 0 radical (unpaired) electrons. The van der Waals surface area contributed by atoms with Gasteiger partial charge in [-0.05, 0) is 38.0 Å². The molecule has 0 aromatic heterocycles. The zero-order chi connectivity index (χ0) is 17.5. The summed E-state index contributed by atoms with van der Waals surface area (Å²) in [7, 11) is 0. The molecule has 1 unspecified atom stereocenters. The van der Waals surface area contributed by atoms with Gasteiger partial charge >= 0.3 is 0 Å². The summed E-state index contributed by atoms with van der Waals surface area (Å²) >= 11 is 0. The van der Waals surface area contributed by atoms with Crippen LogP contribution in [0.4, 0.5) is 15.8 Å². The van der Waals surface area contributed by atoms with E-state index in [1.165, 1.54) is 37.5 Å². The molecule has 1 aromatic carbocycles. The number of amides is 1. The number of benzene rings is 1. The smallest absolute Gasteiger partial charge is 0.225 e. The molecule has 134 valence electrons. The van der Waals surface area contributed by atoms with Crippen LogP contribution in [0.5, 0.6) is 0 Å². The Hall–Kier alpha value is -1.66. The molecule has 6 heteroatoms. The van der Waals surface area contributed by atoms with Crippen LogP contribution in [0.2, 0.25) is 0 Å². The number of carbonyl (C=O) groups excluding carboxylic acids is 1. The van der Waals surface area contributed by atoms with Gasteiger partial charge in [0.2, 0.25) is 5.91 Å². The van der Waals surface area contributed by atoms with Crippen LogP contribution in [-0.4, -0.2) is 41.1 Å². The predicted octanol–water partition coefficient (Wildman–Crippen LogP) is 2.75. The van der Waals surface area contributed by atoms with Crippen LogP contribution in [0, 0.1) is 5.82 Å². The molecule has 1 aliphatic carbocycles. The van der Waals surface area contributed by atoms with E-state index in [1.807, 2.05) is 0 Å². The molecule has 24 heavy (non-hydrogen) atoms. The summed E-state index contributed by atoms with van der Waals surface area (Å²) in [6.45, 7) is 2.88. The van der Waals surface area contributed by atoms with Crippen molar-refractivity contribution in [1.82, 2.24) is 4.90 Å². The van der Waals surface area contributed by atoms with Gasteiger partial charge in [0.05, 0.1) is 11.8 Å². The highest BCUT2D eigenvalue weighted by atomic mass is 19.1. The number of hydrogen-bond donors (Lipinski definition) is 3. The number of aliphatic hydroxyl groups excluding tert-OH is 1. The first kappa shape index (κ1) is 18.7. The van der Waals surface area contributed by atoms with Crippen LogP contribution < -0.4 is 11.1 Å². The number of anilines is 2. The number of carbonyl (C=O) groups is 1. The SMILES string of the molecule is CC(O)CN(CCC(=O)Nc1cc(N)ccc1F)C1CCCCC1. The zero-order valence-corrected chi connectivity index (χ0v) is 14.3. The monoisotopic (exact) mass is 337 g/mol. The topological polar surface area (TPSA) is 78.6 Å². The van der Waals surface area contributed by atoms with Gasteiger partial charge in [0.1, 0.15) is 5.82 Å². The fraction of sp³-hybridized carbons (Fsp3) is 0.611. The first-order valence-corrected chi connectivity index (χ1v) is 8.72. The minimum atomic E-state index is -0.495. The molecule has 4 N–H and O–H groups in total. The maximum absolute atomic E-state index is 13.7. The second kappa shape index (κ2) is 8.99. The maximum Gasteiger partial charge on any atom is 0.225 e. The number of nitrogens with two attached hydrogens (primary N) is 1. The number of nitrogens with one attached hydrogen (secondary N) is 1. The van der Waals surface area contributed by atoms with Gasteiger partial charge in [0.15, 0.2) is 0 Å². The summed E-state index contributed by atoms with van der Waals surface area (Å²) in [4.78, 5) is 14.3. The van der Waals surface area contributed by atoms with Crippen LogP contribution in [0.15, 0.2) is 18.2 Å². The Morgan fingerprint density at radius 1 is 1.42 bits per heavy atom. The predicted molar refractivity (Wildman–Crippen MR) is 94.2 cm³/mol. The van der Waals surface area contributed by atoms with Crippen LogP contribution >= 0.6 is 0 Å². The van der Waals surface area contributed by atoms with Crippen LogP contribution in [0.3, 0.4) is 0 Å². The third-order valence-corrected chi connectivity index (χ3v) is 4.48. The van der Waals surface area contributed by atoms with Crippen molar-refractivity contribution in [2.24, 2.45) is 0 Å². The highest BCUT2D eigenvalue weighted by Crippen LogP contribution is 2.23. The van der Waals surface area contributed by atoms with Gasteiger partial charge in [-0.1, -0.05) is 19.3 Å². The number of halogens is 1. The summed E-state index contributed by atoms with van der Waals surface area (Å²) in [6, 6.07) is 4.54. The van der Waals surface area contributed by atoms with Gasteiger partial charge in [-0.15, -0.1) is 0 Å². The number of aliphatic hydroxyl groups is 1. The van der Waals surface area contributed by atoms with Crippen LogP contribution in [0.1, 0.15) is 45.4 Å². The molecular weight excluding hydrogens is 309 g/mol. The Labute approximate surface area is 143 Å². The summed E-state index contributed by atoms with van der Waals surface area (Å²) < 4.78 is 13.7. The maximum atomic E-state index is 13.7. The number of hydrogen-bond acceptors (Lipinski definition) is 4. The summed E-state index contributed by atoms with van der Waals surface area (Å²) in [5, 5.41) is 12.3. The molecule has 0 aliphatic heterocycles. The minimum Gasteiger partial charge on any atom is -0.399 e. The normalized spacial score (nSPS) is 17.0. The van der Waals surface area contributed by atoms with Crippen molar-refractivity contribution in [3.05, 3.63) is 24.0 Å². The van der Waals surface area contributed by atoms with Gasteiger partial charge in [0, 0.05) is 31.2 Å². The molecule has 1 amide bonds. The van der Waals surface area contributed by atoms with Crippen molar-refractivity contribution in [3.8, 4) is 0 Å². The quantitative estimate of drug-likeness (QED) is 0.669.